The van der Waals surface area contributed by atoms with Gasteiger partial charge in [0.1, 0.15) is 5.75 Å². The first-order valence-electron chi connectivity index (χ1n) is 6.29. The molecule has 0 saturated carbocycles. The topological polar surface area (TPSA) is 64.6 Å². The van der Waals surface area contributed by atoms with E-state index in [9.17, 15) is 9.59 Å². The van der Waals surface area contributed by atoms with Crippen LogP contribution in [0.1, 0.15) is 10.4 Å². The zero-order valence-corrected chi connectivity index (χ0v) is 13.8. The van der Waals surface area contributed by atoms with Crippen LogP contribution in [-0.4, -0.2) is 18.5 Å². The lowest BCUT2D eigenvalue weighted by atomic mass is 10.2. The second-order valence-corrected chi connectivity index (χ2v) is 5.56. The molecule has 0 unspecified atom stereocenters. The number of hydroxylamine groups is 1. The zero-order valence-electron chi connectivity index (χ0n) is 11.5. The Hall–Kier alpha value is -1.95. The summed E-state index contributed by atoms with van der Waals surface area (Å²) in [5, 5.41) is 1.20. The van der Waals surface area contributed by atoms with Crippen molar-refractivity contribution >= 4 is 46.7 Å². The molecular formula is C15H10Cl3NO4. The number of ether oxygens (including phenoxy) is 1. The van der Waals surface area contributed by atoms with E-state index < -0.39 is 18.5 Å². The van der Waals surface area contributed by atoms with Gasteiger partial charge in [-0.1, -0.05) is 34.8 Å². The van der Waals surface area contributed by atoms with Crippen molar-refractivity contribution in [3.63, 3.8) is 0 Å². The summed E-state index contributed by atoms with van der Waals surface area (Å²) in [6.45, 7) is -0.428. The van der Waals surface area contributed by atoms with Crippen molar-refractivity contribution in [1.29, 1.82) is 0 Å². The number of nitrogens with one attached hydrogen (secondary N) is 1. The molecule has 2 aromatic rings. The van der Waals surface area contributed by atoms with Crippen LogP contribution in [0.3, 0.4) is 0 Å². The molecule has 0 bridgehead atoms. The van der Waals surface area contributed by atoms with Gasteiger partial charge in [-0.25, -0.2) is 4.79 Å². The molecule has 0 spiro atoms. The first-order valence-corrected chi connectivity index (χ1v) is 7.42. The van der Waals surface area contributed by atoms with Crippen LogP contribution in [0.5, 0.6) is 5.75 Å². The second-order valence-electron chi connectivity index (χ2n) is 4.28. The average Bonchev–Trinajstić information content (AvgIpc) is 2.52. The summed E-state index contributed by atoms with van der Waals surface area (Å²) in [5.41, 5.74) is 2.31. The molecule has 2 aromatic carbocycles. The molecule has 0 aliphatic heterocycles. The molecule has 120 valence electrons. The summed E-state index contributed by atoms with van der Waals surface area (Å²) in [7, 11) is 0. The lowest BCUT2D eigenvalue weighted by Gasteiger charge is -2.08. The van der Waals surface area contributed by atoms with E-state index >= 15 is 0 Å². The van der Waals surface area contributed by atoms with Gasteiger partial charge in [0.15, 0.2) is 6.61 Å². The Morgan fingerprint density at radius 3 is 2.26 bits per heavy atom. The molecule has 8 heteroatoms. The van der Waals surface area contributed by atoms with Gasteiger partial charge in [0.2, 0.25) is 0 Å². The highest BCUT2D eigenvalue weighted by molar-refractivity contribution is 6.35. The molecule has 0 saturated heterocycles. The average molecular weight is 375 g/mol. The molecule has 0 aliphatic rings. The summed E-state index contributed by atoms with van der Waals surface area (Å²) in [4.78, 5) is 27.9. The fourth-order valence-electron chi connectivity index (χ4n) is 1.52. The number of hydrogen-bond acceptors (Lipinski definition) is 4. The van der Waals surface area contributed by atoms with Gasteiger partial charge < -0.3 is 9.57 Å². The van der Waals surface area contributed by atoms with Gasteiger partial charge >= 0.3 is 5.97 Å². The number of rotatable bonds is 4. The molecule has 1 amide bonds. The second kappa shape index (κ2) is 8.06. The quantitative estimate of drug-likeness (QED) is 0.824. The van der Waals surface area contributed by atoms with E-state index in [2.05, 4.69) is 4.84 Å². The lowest BCUT2D eigenvalue weighted by Crippen LogP contribution is -2.29. The van der Waals surface area contributed by atoms with E-state index in [-0.39, 0.29) is 10.8 Å². The van der Waals surface area contributed by atoms with Crippen molar-refractivity contribution < 1.29 is 19.2 Å². The first-order chi connectivity index (χ1) is 11.0. The normalized spacial score (nSPS) is 10.0. The molecule has 0 heterocycles. The van der Waals surface area contributed by atoms with Crippen molar-refractivity contribution in [3.05, 3.63) is 63.1 Å². The highest BCUT2D eigenvalue weighted by atomic mass is 35.5. The fraction of sp³-hybridized carbons (Fsp3) is 0.0667. The van der Waals surface area contributed by atoms with Gasteiger partial charge in [-0.15, -0.1) is 0 Å². The van der Waals surface area contributed by atoms with Gasteiger partial charge in [-0.2, -0.15) is 5.48 Å². The molecular weight excluding hydrogens is 365 g/mol. The van der Waals surface area contributed by atoms with E-state index in [4.69, 9.17) is 39.5 Å². The minimum atomic E-state index is -0.793. The summed E-state index contributed by atoms with van der Waals surface area (Å²) in [6, 6.07) is 10.6. The minimum Gasteiger partial charge on any atom is -0.480 e. The number of carbonyl (C=O) groups excluding carboxylic acids is 2. The van der Waals surface area contributed by atoms with Crippen LogP contribution in [0.15, 0.2) is 42.5 Å². The van der Waals surface area contributed by atoms with Crippen LogP contribution < -0.4 is 10.2 Å². The van der Waals surface area contributed by atoms with Crippen molar-refractivity contribution in [2.45, 2.75) is 0 Å². The van der Waals surface area contributed by atoms with E-state index in [1.165, 1.54) is 24.3 Å². The van der Waals surface area contributed by atoms with Crippen LogP contribution in [0.2, 0.25) is 15.1 Å². The van der Waals surface area contributed by atoms with E-state index in [0.29, 0.717) is 15.6 Å². The number of halogens is 3. The van der Waals surface area contributed by atoms with Gasteiger partial charge in [0, 0.05) is 15.6 Å². The summed E-state index contributed by atoms with van der Waals surface area (Å²) >= 11 is 17.3. The summed E-state index contributed by atoms with van der Waals surface area (Å²) < 4.78 is 5.17. The third-order valence-electron chi connectivity index (χ3n) is 2.60. The predicted octanol–water partition coefficient (Wildman–Crippen LogP) is 3.91. The maximum absolute atomic E-state index is 11.7. The predicted molar refractivity (Wildman–Crippen MR) is 87.0 cm³/mol. The van der Waals surface area contributed by atoms with Crippen molar-refractivity contribution in [2.24, 2.45) is 0 Å². The fourth-order valence-corrected chi connectivity index (χ4v) is 2.11. The van der Waals surface area contributed by atoms with Crippen LogP contribution >= 0.6 is 34.8 Å². The van der Waals surface area contributed by atoms with Crippen molar-refractivity contribution in [3.8, 4) is 5.75 Å². The molecule has 23 heavy (non-hydrogen) atoms. The lowest BCUT2D eigenvalue weighted by molar-refractivity contribution is -0.151. The maximum atomic E-state index is 11.7. The van der Waals surface area contributed by atoms with Gasteiger partial charge in [-0.3, -0.25) is 4.79 Å². The molecule has 2 rings (SSSR count). The monoisotopic (exact) mass is 373 g/mol. The molecule has 5 nitrogen and oxygen atoms in total. The molecule has 0 fully saturated rings. The highest BCUT2D eigenvalue weighted by Crippen LogP contribution is 2.27. The Bertz CT molecular complexity index is 719. The molecule has 0 atom stereocenters. The van der Waals surface area contributed by atoms with E-state index in [1.54, 1.807) is 18.2 Å². The SMILES string of the molecule is O=C(COc1ccc(Cl)cc1Cl)ONC(=O)c1ccc(Cl)cc1. The molecule has 0 aromatic heterocycles. The van der Waals surface area contributed by atoms with E-state index in [1.807, 2.05) is 5.48 Å². The van der Waals surface area contributed by atoms with Gasteiger partial charge in [0.05, 0.1) is 5.02 Å². The maximum Gasteiger partial charge on any atom is 0.369 e. The van der Waals surface area contributed by atoms with Gasteiger partial charge in [0.25, 0.3) is 5.91 Å². The Morgan fingerprint density at radius 2 is 1.61 bits per heavy atom. The smallest absolute Gasteiger partial charge is 0.369 e. The molecule has 0 aliphatic carbocycles. The number of benzene rings is 2. The largest absolute Gasteiger partial charge is 0.480 e. The zero-order chi connectivity index (χ0) is 16.8. The van der Waals surface area contributed by atoms with Crippen molar-refractivity contribution in [1.82, 2.24) is 5.48 Å². The number of carbonyl (C=O) groups is 2. The van der Waals surface area contributed by atoms with Crippen LogP contribution in [0.4, 0.5) is 0 Å². The Kier molecular flexibility index (Phi) is 6.10. The first kappa shape index (κ1) is 17.4. The minimum absolute atomic E-state index is 0.260. The van der Waals surface area contributed by atoms with Gasteiger partial charge in [-0.05, 0) is 42.5 Å². The Morgan fingerprint density at radius 1 is 0.957 bits per heavy atom. The standard InChI is InChI=1S/C15H10Cl3NO4/c16-10-3-1-9(2-4-10)15(21)19-23-14(20)8-22-13-6-5-11(17)7-12(13)18/h1-7H,8H2,(H,19,21). The van der Waals surface area contributed by atoms with E-state index in [0.717, 1.165) is 0 Å². The third kappa shape index (κ3) is 5.32. The number of amides is 1. The third-order valence-corrected chi connectivity index (χ3v) is 3.39. The molecule has 1 N–H and O–H groups in total. The highest BCUT2D eigenvalue weighted by Gasteiger charge is 2.11. The number of hydrogen-bond donors (Lipinski definition) is 1. The van der Waals surface area contributed by atoms with Crippen LogP contribution in [0, 0.1) is 0 Å². The molecule has 0 radical (unpaired) electrons. The Balaban J connectivity index is 1.81. The summed E-state index contributed by atoms with van der Waals surface area (Å²) in [6.07, 6.45) is 0. The Labute approximate surface area is 147 Å². The van der Waals surface area contributed by atoms with Crippen molar-refractivity contribution in [2.75, 3.05) is 6.61 Å². The summed E-state index contributed by atoms with van der Waals surface area (Å²) in [5.74, 6) is -1.10. The van der Waals surface area contributed by atoms with Crippen LogP contribution in [0.25, 0.3) is 0 Å². The van der Waals surface area contributed by atoms with Crippen LogP contribution in [-0.2, 0) is 9.63 Å².